The summed E-state index contributed by atoms with van der Waals surface area (Å²) in [6, 6.07) is 8.39. The lowest BCUT2D eigenvalue weighted by Crippen LogP contribution is -2.19. The van der Waals surface area contributed by atoms with E-state index in [1.807, 2.05) is 12.1 Å². The predicted octanol–water partition coefficient (Wildman–Crippen LogP) is 7.51. The van der Waals surface area contributed by atoms with Crippen LogP contribution in [0.15, 0.2) is 24.3 Å². The highest BCUT2D eigenvalue weighted by Crippen LogP contribution is 2.27. The van der Waals surface area contributed by atoms with Crippen molar-refractivity contribution in [2.75, 3.05) is 44.4 Å². The largest absolute Gasteiger partial charge is 0.399 e. The van der Waals surface area contributed by atoms with Gasteiger partial charge in [0.15, 0.2) is 0 Å². The molecular formula is C28H51N3. The van der Waals surface area contributed by atoms with Crippen molar-refractivity contribution in [3.63, 3.8) is 0 Å². The Labute approximate surface area is 193 Å². The van der Waals surface area contributed by atoms with Crippen molar-refractivity contribution in [2.45, 2.75) is 103 Å². The van der Waals surface area contributed by atoms with E-state index in [0.717, 1.165) is 11.6 Å². The van der Waals surface area contributed by atoms with E-state index in [4.69, 9.17) is 5.73 Å². The van der Waals surface area contributed by atoms with Gasteiger partial charge in [0.25, 0.3) is 0 Å². The molecule has 1 aliphatic heterocycles. The molecule has 31 heavy (non-hydrogen) atoms. The minimum absolute atomic E-state index is 0.862. The van der Waals surface area contributed by atoms with Crippen LogP contribution in [-0.2, 0) is 0 Å². The topological polar surface area (TPSA) is 32.5 Å². The van der Waals surface area contributed by atoms with E-state index in [9.17, 15) is 0 Å². The number of nitrogens with two attached hydrogens (primary N) is 1. The molecule has 0 aliphatic carbocycles. The molecular weight excluding hydrogens is 378 g/mol. The smallest absolute Gasteiger partial charge is 0.0367 e. The average Bonchev–Trinajstić information content (AvgIpc) is 3.22. The second-order valence-corrected chi connectivity index (χ2v) is 10.2. The molecule has 1 aromatic carbocycles. The maximum atomic E-state index is 5.81. The number of anilines is 2. The molecule has 2 rings (SSSR count). The maximum Gasteiger partial charge on any atom is 0.0367 e. The summed E-state index contributed by atoms with van der Waals surface area (Å²) in [6.45, 7) is 3.70. The van der Waals surface area contributed by atoms with Gasteiger partial charge in [0.05, 0.1) is 0 Å². The second-order valence-electron chi connectivity index (χ2n) is 10.2. The van der Waals surface area contributed by atoms with Gasteiger partial charge in [-0.1, -0.05) is 83.5 Å². The molecule has 1 saturated heterocycles. The van der Waals surface area contributed by atoms with Crippen LogP contribution < -0.4 is 10.6 Å². The zero-order valence-corrected chi connectivity index (χ0v) is 20.8. The van der Waals surface area contributed by atoms with Gasteiger partial charge in [0, 0.05) is 24.5 Å². The third kappa shape index (κ3) is 12.4. The SMILES string of the molecule is CN(C)CCCCCCCCCCCCCCCCC1CCN(c2ccc(N)cc2)C1. The third-order valence-corrected chi connectivity index (χ3v) is 7.01. The molecule has 1 unspecified atom stereocenters. The molecule has 2 N–H and O–H groups in total. The first-order valence-corrected chi connectivity index (χ1v) is 13.4. The Bertz CT molecular complexity index is 540. The number of hydrogen-bond donors (Lipinski definition) is 1. The first-order valence-electron chi connectivity index (χ1n) is 13.4. The van der Waals surface area contributed by atoms with Gasteiger partial charge in [-0.25, -0.2) is 0 Å². The summed E-state index contributed by atoms with van der Waals surface area (Å²) < 4.78 is 0. The molecule has 178 valence electrons. The summed E-state index contributed by atoms with van der Waals surface area (Å²) in [5.41, 5.74) is 8.02. The van der Waals surface area contributed by atoms with Crippen molar-refractivity contribution < 1.29 is 0 Å². The molecule has 0 aromatic heterocycles. The van der Waals surface area contributed by atoms with E-state index >= 15 is 0 Å². The minimum Gasteiger partial charge on any atom is -0.399 e. The van der Waals surface area contributed by atoms with Gasteiger partial charge < -0.3 is 15.5 Å². The predicted molar refractivity (Wildman–Crippen MR) is 139 cm³/mol. The Balaban J connectivity index is 1.31. The van der Waals surface area contributed by atoms with E-state index in [0.29, 0.717) is 0 Å². The van der Waals surface area contributed by atoms with E-state index in [-0.39, 0.29) is 0 Å². The zero-order valence-electron chi connectivity index (χ0n) is 20.8. The van der Waals surface area contributed by atoms with E-state index in [1.54, 1.807) is 0 Å². The van der Waals surface area contributed by atoms with Crippen LogP contribution in [-0.4, -0.2) is 38.6 Å². The average molecular weight is 430 g/mol. The molecule has 3 nitrogen and oxygen atoms in total. The van der Waals surface area contributed by atoms with E-state index in [1.165, 1.54) is 128 Å². The summed E-state index contributed by atoms with van der Waals surface area (Å²) in [5.74, 6) is 0.894. The number of nitrogen functional groups attached to an aromatic ring is 1. The highest BCUT2D eigenvalue weighted by molar-refractivity contribution is 5.53. The number of nitrogens with zero attached hydrogens (tertiary/aromatic N) is 2. The summed E-state index contributed by atoms with van der Waals surface area (Å²) >= 11 is 0. The lowest BCUT2D eigenvalue weighted by Gasteiger charge is -2.18. The Kier molecular flexibility index (Phi) is 13.8. The Morgan fingerprint density at radius 1 is 0.742 bits per heavy atom. The molecule has 1 aliphatic rings. The Hall–Kier alpha value is -1.22. The molecule has 0 bridgehead atoms. The molecule has 1 aromatic rings. The Morgan fingerprint density at radius 2 is 1.23 bits per heavy atom. The highest BCUT2D eigenvalue weighted by Gasteiger charge is 2.22. The van der Waals surface area contributed by atoms with Crippen molar-refractivity contribution in [2.24, 2.45) is 5.92 Å². The van der Waals surface area contributed by atoms with Crippen LogP contribution >= 0.6 is 0 Å². The lowest BCUT2D eigenvalue weighted by molar-refractivity contribution is 0.389. The van der Waals surface area contributed by atoms with Crippen LogP contribution in [0.1, 0.15) is 103 Å². The number of unbranched alkanes of at least 4 members (excludes halogenated alkanes) is 13. The van der Waals surface area contributed by atoms with Crippen molar-refractivity contribution in [1.29, 1.82) is 0 Å². The van der Waals surface area contributed by atoms with Gasteiger partial charge in [-0.2, -0.15) is 0 Å². The number of benzene rings is 1. The highest BCUT2D eigenvalue weighted by atomic mass is 15.1. The maximum absolute atomic E-state index is 5.81. The van der Waals surface area contributed by atoms with Crippen molar-refractivity contribution in [3.8, 4) is 0 Å². The van der Waals surface area contributed by atoms with Gasteiger partial charge in [-0.05, 0) is 70.1 Å². The molecule has 0 radical (unpaired) electrons. The first-order chi connectivity index (χ1) is 15.1. The van der Waals surface area contributed by atoms with Crippen molar-refractivity contribution >= 4 is 11.4 Å². The fourth-order valence-electron chi connectivity index (χ4n) is 4.97. The zero-order chi connectivity index (χ0) is 22.2. The molecule has 0 spiro atoms. The molecule has 1 heterocycles. The monoisotopic (exact) mass is 429 g/mol. The number of hydrogen-bond acceptors (Lipinski definition) is 3. The first kappa shape index (κ1) is 26.0. The normalized spacial score (nSPS) is 16.5. The summed E-state index contributed by atoms with van der Waals surface area (Å²) in [5, 5.41) is 0. The van der Waals surface area contributed by atoms with Crippen LogP contribution in [0.25, 0.3) is 0 Å². The fraction of sp³-hybridized carbons (Fsp3) is 0.786. The number of rotatable bonds is 18. The van der Waals surface area contributed by atoms with Crippen LogP contribution in [0.2, 0.25) is 0 Å². The van der Waals surface area contributed by atoms with E-state index < -0.39 is 0 Å². The molecule has 0 amide bonds. The van der Waals surface area contributed by atoms with Gasteiger partial charge in [0.1, 0.15) is 0 Å². The van der Waals surface area contributed by atoms with Crippen LogP contribution in [0, 0.1) is 5.92 Å². The van der Waals surface area contributed by atoms with Crippen LogP contribution in [0.4, 0.5) is 11.4 Å². The van der Waals surface area contributed by atoms with Crippen LogP contribution in [0.3, 0.4) is 0 Å². The van der Waals surface area contributed by atoms with Crippen molar-refractivity contribution in [1.82, 2.24) is 4.90 Å². The summed E-state index contributed by atoms with van der Waals surface area (Å²) in [4.78, 5) is 4.84. The molecule has 3 heteroatoms. The van der Waals surface area contributed by atoms with Gasteiger partial charge in [-0.3, -0.25) is 0 Å². The third-order valence-electron chi connectivity index (χ3n) is 7.01. The van der Waals surface area contributed by atoms with Crippen LogP contribution in [0.5, 0.6) is 0 Å². The van der Waals surface area contributed by atoms with Gasteiger partial charge >= 0.3 is 0 Å². The van der Waals surface area contributed by atoms with Gasteiger partial charge in [0.2, 0.25) is 0 Å². The van der Waals surface area contributed by atoms with Crippen molar-refractivity contribution in [3.05, 3.63) is 24.3 Å². The van der Waals surface area contributed by atoms with Gasteiger partial charge in [-0.15, -0.1) is 0 Å². The standard InChI is InChI=1S/C28H51N3/c1-30(2)23-16-14-12-10-8-6-4-3-5-7-9-11-13-15-17-26-22-24-31(25-26)28-20-18-27(29)19-21-28/h18-21,26H,3-17,22-25,29H2,1-2H3. The minimum atomic E-state index is 0.862. The quantitative estimate of drug-likeness (QED) is 0.193. The summed E-state index contributed by atoms with van der Waals surface area (Å²) in [7, 11) is 4.35. The molecule has 1 fully saturated rings. The fourth-order valence-corrected chi connectivity index (χ4v) is 4.97. The second kappa shape index (κ2) is 16.4. The Morgan fingerprint density at radius 3 is 1.74 bits per heavy atom. The molecule has 1 atom stereocenters. The van der Waals surface area contributed by atoms with E-state index in [2.05, 4.69) is 36.0 Å². The molecule has 0 saturated carbocycles. The summed E-state index contributed by atoms with van der Waals surface area (Å²) in [6.07, 6.45) is 23.0. The lowest BCUT2D eigenvalue weighted by atomic mass is 9.99.